The third-order valence-corrected chi connectivity index (χ3v) is 5.06. The first-order chi connectivity index (χ1) is 14.7. The summed E-state index contributed by atoms with van der Waals surface area (Å²) in [6.07, 6.45) is 2.56. The van der Waals surface area contributed by atoms with Crippen LogP contribution < -0.4 is 15.0 Å². The zero-order valence-corrected chi connectivity index (χ0v) is 19.2. The molecule has 1 fully saturated rings. The summed E-state index contributed by atoms with van der Waals surface area (Å²) in [7, 11) is 0. The number of morpholine rings is 1. The molecule has 10 heteroatoms. The van der Waals surface area contributed by atoms with E-state index in [-0.39, 0.29) is 12.7 Å². The number of halogens is 2. The lowest BCUT2D eigenvalue weighted by Crippen LogP contribution is -2.48. The molecule has 1 unspecified atom stereocenters. The summed E-state index contributed by atoms with van der Waals surface area (Å²) < 4.78 is 16.7. The van der Waals surface area contributed by atoms with Gasteiger partial charge in [0.15, 0.2) is 5.75 Å². The number of carbonyl (C=O) groups is 1. The quantitative estimate of drug-likeness (QED) is 0.682. The molecule has 3 rings (SSSR count). The maximum absolute atomic E-state index is 11.8. The lowest BCUT2D eigenvalue weighted by Gasteiger charge is -2.33. The minimum atomic E-state index is -0.543. The van der Waals surface area contributed by atoms with Gasteiger partial charge in [0.25, 0.3) is 0 Å². The predicted octanol–water partition coefficient (Wildman–Crippen LogP) is 4.09. The first-order valence-corrected chi connectivity index (χ1v) is 10.7. The van der Waals surface area contributed by atoms with Gasteiger partial charge >= 0.3 is 6.09 Å². The van der Waals surface area contributed by atoms with E-state index < -0.39 is 11.7 Å². The van der Waals surface area contributed by atoms with E-state index in [4.69, 9.17) is 37.4 Å². The fourth-order valence-electron chi connectivity index (χ4n) is 2.91. The highest BCUT2D eigenvalue weighted by Crippen LogP contribution is 2.26. The zero-order chi connectivity index (χ0) is 22.4. The molecule has 0 radical (unpaired) electrons. The molecule has 8 nitrogen and oxygen atoms in total. The van der Waals surface area contributed by atoms with Gasteiger partial charge in [-0.1, -0.05) is 29.3 Å². The van der Waals surface area contributed by atoms with Crippen LogP contribution in [-0.2, 0) is 16.1 Å². The van der Waals surface area contributed by atoms with Gasteiger partial charge in [0.1, 0.15) is 12.2 Å². The summed E-state index contributed by atoms with van der Waals surface area (Å²) in [6.45, 7) is 7.72. The van der Waals surface area contributed by atoms with E-state index in [2.05, 4.69) is 15.3 Å². The Morgan fingerprint density at radius 3 is 2.58 bits per heavy atom. The van der Waals surface area contributed by atoms with Crippen molar-refractivity contribution in [2.24, 2.45) is 0 Å². The Hall–Kier alpha value is -2.29. The molecule has 0 bridgehead atoms. The molecule has 1 N–H and O–H groups in total. The van der Waals surface area contributed by atoms with Gasteiger partial charge in [-0.2, -0.15) is 0 Å². The highest BCUT2D eigenvalue weighted by atomic mass is 35.5. The van der Waals surface area contributed by atoms with Crippen LogP contribution >= 0.6 is 23.2 Å². The molecule has 1 amide bonds. The van der Waals surface area contributed by atoms with Gasteiger partial charge < -0.3 is 24.4 Å². The molecule has 1 aromatic carbocycles. The maximum atomic E-state index is 11.8. The average molecular weight is 469 g/mol. The van der Waals surface area contributed by atoms with Crippen molar-refractivity contribution in [3.05, 3.63) is 46.2 Å². The van der Waals surface area contributed by atoms with E-state index in [1.807, 2.05) is 25.7 Å². The van der Waals surface area contributed by atoms with Gasteiger partial charge in [0.05, 0.1) is 25.1 Å². The van der Waals surface area contributed by atoms with Gasteiger partial charge in [-0.15, -0.1) is 0 Å². The molecule has 0 spiro atoms. The molecule has 1 aliphatic rings. The van der Waals surface area contributed by atoms with Gasteiger partial charge in [0.2, 0.25) is 5.95 Å². The molecular weight excluding hydrogens is 443 g/mol. The number of nitrogens with zero attached hydrogens (tertiary/aromatic N) is 3. The monoisotopic (exact) mass is 468 g/mol. The SMILES string of the molecule is CC(C)(C)OC(=O)NCC1CN(c2ncc(OCc3c(Cl)cccc3Cl)cn2)CCO1. The van der Waals surface area contributed by atoms with Crippen LogP contribution in [0, 0.1) is 0 Å². The van der Waals surface area contributed by atoms with E-state index in [1.165, 1.54) is 0 Å². The number of aromatic nitrogens is 2. The van der Waals surface area contributed by atoms with Crippen molar-refractivity contribution >= 4 is 35.2 Å². The molecule has 2 heterocycles. The van der Waals surface area contributed by atoms with Crippen molar-refractivity contribution in [2.75, 3.05) is 31.1 Å². The molecule has 1 aromatic heterocycles. The summed E-state index contributed by atoms with van der Waals surface area (Å²) in [6, 6.07) is 5.31. The second kappa shape index (κ2) is 10.3. The van der Waals surface area contributed by atoms with Gasteiger partial charge in [-0.05, 0) is 32.9 Å². The fraction of sp³-hybridized carbons (Fsp3) is 0.476. The summed E-state index contributed by atoms with van der Waals surface area (Å²) >= 11 is 12.3. The van der Waals surface area contributed by atoms with E-state index in [0.29, 0.717) is 53.5 Å². The van der Waals surface area contributed by atoms with Crippen LogP contribution in [0.3, 0.4) is 0 Å². The summed E-state index contributed by atoms with van der Waals surface area (Å²) in [5.41, 5.74) is 0.168. The first kappa shape index (κ1) is 23.4. The Morgan fingerprint density at radius 2 is 1.94 bits per heavy atom. The zero-order valence-electron chi connectivity index (χ0n) is 17.7. The molecular formula is C21H26Cl2N4O4. The van der Waals surface area contributed by atoms with Crippen molar-refractivity contribution in [3.63, 3.8) is 0 Å². The number of amides is 1. The predicted molar refractivity (Wildman–Crippen MR) is 119 cm³/mol. The number of hydrogen-bond donors (Lipinski definition) is 1. The van der Waals surface area contributed by atoms with Crippen LogP contribution in [0.1, 0.15) is 26.3 Å². The Morgan fingerprint density at radius 1 is 1.26 bits per heavy atom. The molecule has 31 heavy (non-hydrogen) atoms. The summed E-state index contributed by atoms with van der Waals surface area (Å²) in [5, 5.41) is 3.83. The van der Waals surface area contributed by atoms with Crippen LogP contribution in [0.5, 0.6) is 5.75 Å². The summed E-state index contributed by atoms with van der Waals surface area (Å²) in [5.74, 6) is 1.07. The molecule has 1 aliphatic heterocycles. The second-order valence-electron chi connectivity index (χ2n) is 8.03. The van der Waals surface area contributed by atoms with E-state index in [0.717, 1.165) is 0 Å². The fourth-order valence-corrected chi connectivity index (χ4v) is 3.42. The Bertz CT molecular complexity index is 870. The Kier molecular flexibility index (Phi) is 7.80. The molecule has 1 atom stereocenters. The van der Waals surface area contributed by atoms with Gasteiger partial charge in [-0.25, -0.2) is 14.8 Å². The topological polar surface area (TPSA) is 85.8 Å². The summed E-state index contributed by atoms with van der Waals surface area (Å²) in [4.78, 5) is 22.6. The highest BCUT2D eigenvalue weighted by molar-refractivity contribution is 6.35. The third-order valence-electron chi connectivity index (χ3n) is 4.35. The van der Waals surface area contributed by atoms with Crippen molar-refractivity contribution in [1.29, 1.82) is 0 Å². The van der Waals surface area contributed by atoms with Crippen LogP contribution in [0.25, 0.3) is 0 Å². The number of ether oxygens (including phenoxy) is 3. The minimum absolute atomic E-state index is 0.192. The number of nitrogens with one attached hydrogen (secondary N) is 1. The third kappa shape index (κ3) is 7.12. The average Bonchev–Trinajstić information content (AvgIpc) is 2.71. The van der Waals surface area contributed by atoms with Gasteiger partial charge in [-0.3, -0.25) is 0 Å². The normalized spacial score (nSPS) is 16.7. The highest BCUT2D eigenvalue weighted by Gasteiger charge is 2.24. The Labute approximate surface area is 191 Å². The number of anilines is 1. The smallest absolute Gasteiger partial charge is 0.407 e. The molecule has 0 saturated carbocycles. The van der Waals surface area contributed by atoms with Crippen LogP contribution in [0.2, 0.25) is 10.0 Å². The molecule has 0 aliphatic carbocycles. The van der Waals surface area contributed by atoms with Crippen molar-refractivity contribution < 1.29 is 19.0 Å². The van der Waals surface area contributed by atoms with Crippen molar-refractivity contribution in [2.45, 2.75) is 39.1 Å². The first-order valence-electron chi connectivity index (χ1n) is 9.92. The number of alkyl carbamates (subject to hydrolysis) is 1. The van der Waals surface area contributed by atoms with Crippen LogP contribution in [-0.4, -0.2) is 54.0 Å². The standard InChI is InChI=1S/C21H26Cl2N4O4/c1-21(2,3)31-20(28)26-11-15-12-27(7-8-29-15)19-24-9-14(10-25-19)30-13-16-17(22)5-4-6-18(16)23/h4-6,9-10,15H,7-8,11-13H2,1-3H3,(H,26,28). The Balaban J connectivity index is 1.51. The molecule has 168 valence electrons. The van der Waals surface area contributed by atoms with Crippen molar-refractivity contribution in [1.82, 2.24) is 15.3 Å². The van der Waals surface area contributed by atoms with E-state index in [1.54, 1.807) is 30.6 Å². The minimum Gasteiger partial charge on any atom is -0.486 e. The van der Waals surface area contributed by atoms with E-state index in [9.17, 15) is 4.79 Å². The van der Waals surface area contributed by atoms with Crippen LogP contribution in [0.4, 0.5) is 10.7 Å². The maximum Gasteiger partial charge on any atom is 0.407 e. The lowest BCUT2D eigenvalue weighted by atomic mass is 10.2. The van der Waals surface area contributed by atoms with E-state index >= 15 is 0 Å². The van der Waals surface area contributed by atoms with Crippen molar-refractivity contribution in [3.8, 4) is 5.75 Å². The molecule has 1 saturated heterocycles. The largest absolute Gasteiger partial charge is 0.486 e. The van der Waals surface area contributed by atoms with Crippen LogP contribution in [0.15, 0.2) is 30.6 Å². The lowest BCUT2D eigenvalue weighted by molar-refractivity contribution is 0.0279. The number of benzene rings is 1. The van der Waals surface area contributed by atoms with Gasteiger partial charge in [0, 0.05) is 35.2 Å². The number of hydrogen-bond acceptors (Lipinski definition) is 7. The molecule has 2 aromatic rings. The second-order valence-corrected chi connectivity index (χ2v) is 8.84. The number of rotatable bonds is 6. The number of carbonyl (C=O) groups excluding carboxylic acids is 1.